The average molecular weight is 217 g/mol. The fourth-order valence-corrected chi connectivity index (χ4v) is 2.03. The van der Waals surface area contributed by atoms with Crippen LogP contribution in [0.4, 0.5) is 0 Å². The van der Waals surface area contributed by atoms with Crippen molar-refractivity contribution < 1.29 is 10.2 Å². The first-order valence-corrected chi connectivity index (χ1v) is 5.05. The van der Waals surface area contributed by atoms with E-state index in [0.29, 0.717) is 17.8 Å². The van der Waals surface area contributed by atoms with Gasteiger partial charge in [-0.1, -0.05) is 6.07 Å². The van der Waals surface area contributed by atoms with Crippen molar-refractivity contribution in [2.45, 2.75) is 13.1 Å². The summed E-state index contributed by atoms with van der Waals surface area (Å²) >= 11 is 0. The quantitative estimate of drug-likeness (QED) is 0.576. The number of rotatable bonds is 1. The summed E-state index contributed by atoms with van der Waals surface area (Å²) in [4.78, 5) is 0. The van der Waals surface area contributed by atoms with Gasteiger partial charge < -0.3 is 15.5 Å². The number of fused-ring (bicyclic) bond motifs is 1. The summed E-state index contributed by atoms with van der Waals surface area (Å²) in [7, 11) is 0. The number of hydrogen-bond donors (Lipinski definition) is 4. The smallest absolute Gasteiger partial charge is 0.128 e. The monoisotopic (exact) mass is 217 g/mol. The molecule has 1 aliphatic heterocycles. The Morgan fingerprint density at radius 1 is 1.12 bits per heavy atom. The lowest BCUT2D eigenvalue weighted by Gasteiger charge is -2.05. The van der Waals surface area contributed by atoms with Crippen LogP contribution in [0.1, 0.15) is 11.3 Å². The van der Waals surface area contributed by atoms with E-state index in [1.54, 1.807) is 18.2 Å². The summed E-state index contributed by atoms with van der Waals surface area (Å²) in [5, 5.41) is 29.8. The summed E-state index contributed by atoms with van der Waals surface area (Å²) < 4.78 is 0. The highest BCUT2D eigenvalue weighted by molar-refractivity contribution is 5.76. The third kappa shape index (κ3) is 1.18. The molecule has 3 rings (SSSR count). The van der Waals surface area contributed by atoms with Crippen LogP contribution in [0, 0.1) is 0 Å². The van der Waals surface area contributed by atoms with Crippen LogP contribution in [0.2, 0.25) is 0 Å². The van der Waals surface area contributed by atoms with Crippen molar-refractivity contribution in [3.05, 3.63) is 29.5 Å². The molecule has 0 atom stereocenters. The SMILES string of the molecule is Oc1cccc(O)c1-c1n[nH]c2c1CNC2. The molecule has 0 saturated carbocycles. The summed E-state index contributed by atoms with van der Waals surface area (Å²) in [6.45, 7) is 1.45. The second kappa shape index (κ2) is 3.24. The number of benzene rings is 1. The fourth-order valence-electron chi connectivity index (χ4n) is 2.03. The van der Waals surface area contributed by atoms with Gasteiger partial charge in [-0.05, 0) is 12.1 Å². The third-order valence-electron chi connectivity index (χ3n) is 2.81. The fraction of sp³-hybridized carbons (Fsp3) is 0.182. The molecule has 0 radical (unpaired) electrons. The molecule has 0 unspecified atom stereocenters. The predicted molar refractivity (Wildman–Crippen MR) is 57.9 cm³/mol. The maximum Gasteiger partial charge on any atom is 0.128 e. The number of nitrogens with one attached hydrogen (secondary N) is 2. The Morgan fingerprint density at radius 2 is 1.88 bits per heavy atom. The Balaban J connectivity index is 2.22. The Kier molecular flexibility index (Phi) is 1.87. The van der Waals surface area contributed by atoms with Crippen molar-refractivity contribution in [2.75, 3.05) is 0 Å². The van der Waals surface area contributed by atoms with Gasteiger partial charge in [-0.25, -0.2) is 0 Å². The van der Waals surface area contributed by atoms with Gasteiger partial charge in [0.25, 0.3) is 0 Å². The molecular weight excluding hydrogens is 206 g/mol. The first-order valence-electron chi connectivity index (χ1n) is 5.05. The van der Waals surface area contributed by atoms with Crippen LogP contribution in [0.15, 0.2) is 18.2 Å². The largest absolute Gasteiger partial charge is 0.507 e. The molecule has 0 bridgehead atoms. The second-order valence-corrected chi connectivity index (χ2v) is 3.80. The van der Waals surface area contributed by atoms with E-state index in [-0.39, 0.29) is 11.5 Å². The lowest BCUT2D eigenvalue weighted by Crippen LogP contribution is -2.02. The highest BCUT2D eigenvalue weighted by Crippen LogP contribution is 2.38. The Bertz CT molecular complexity index is 528. The molecule has 5 nitrogen and oxygen atoms in total. The van der Waals surface area contributed by atoms with Gasteiger partial charge in [0.15, 0.2) is 0 Å². The minimum absolute atomic E-state index is 0.0428. The number of phenolic OH excluding ortho intramolecular Hbond substituents is 2. The van der Waals surface area contributed by atoms with E-state index in [1.165, 1.54) is 0 Å². The van der Waals surface area contributed by atoms with Crippen molar-refractivity contribution in [3.63, 3.8) is 0 Å². The highest BCUT2D eigenvalue weighted by Gasteiger charge is 2.22. The van der Waals surface area contributed by atoms with E-state index in [2.05, 4.69) is 15.5 Å². The molecule has 4 N–H and O–H groups in total. The predicted octanol–water partition coefficient (Wildman–Crippen LogP) is 1.09. The van der Waals surface area contributed by atoms with E-state index in [9.17, 15) is 10.2 Å². The lowest BCUT2D eigenvalue weighted by atomic mass is 10.1. The van der Waals surface area contributed by atoms with Gasteiger partial charge in [0.05, 0.1) is 11.3 Å². The molecular formula is C11H11N3O2. The zero-order valence-electron chi connectivity index (χ0n) is 8.49. The Labute approximate surface area is 91.7 Å². The van der Waals surface area contributed by atoms with Crippen molar-refractivity contribution in [2.24, 2.45) is 0 Å². The number of aromatic amines is 1. The Morgan fingerprint density at radius 3 is 2.62 bits per heavy atom. The first kappa shape index (κ1) is 9.23. The standard InChI is InChI=1S/C11H11N3O2/c15-8-2-1-3-9(16)10(8)11-6-4-12-5-7(6)13-14-11/h1-3,12,15-16H,4-5H2,(H,13,14). The van der Waals surface area contributed by atoms with Crippen LogP contribution in [0.25, 0.3) is 11.3 Å². The van der Waals surface area contributed by atoms with Crippen molar-refractivity contribution in [3.8, 4) is 22.8 Å². The molecule has 2 aromatic rings. The topological polar surface area (TPSA) is 81.2 Å². The third-order valence-corrected chi connectivity index (χ3v) is 2.81. The first-order chi connectivity index (χ1) is 7.77. The minimum Gasteiger partial charge on any atom is -0.507 e. The molecule has 1 aromatic heterocycles. The molecule has 0 amide bonds. The molecule has 0 fully saturated rings. The Hall–Kier alpha value is -2.01. The molecule has 1 aromatic carbocycles. The van der Waals surface area contributed by atoms with Crippen molar-refractivity contribution in [1.29, 1.82) is 0 Å². The molecule has 5 heteroatoms. The van der Waals surface area contributed by atoms with Crippen LogP contribution >= 0.6 is 0 Å². The zero-order chi connectivity index (χ0) is 11.1. The minimum atomic E-state index is 0.0428. The number of phenols is 2. The zero-order valence-corrected chi connectivity index (χ0v) is 8.49. The van der Waals surface area contributed by atoms with Crippen LogP contribution in [0.3, 0.4) is 0 Å². The van der Waals surface area contributed by atoms with E-state index in [0.717, 1.165) is 17.8 Å². The number of aromatic nitrogens is 2. The van der Waals surface area contributed by atoms with Crippen LogP contribution in [0.5, 0.6) is 11.5 Å². The number of nitrogens with zero attached hydrogens (tertiary/aromatic N) is 1. The average Bonchev–Trinajstić information content (AvgIpc) is 2.81. The maximum atomic E-state index is 9.76. The van der Waals surface area contributed by atoms with Crippen LogP contribution in [-0.2, 0) is 13.1 Å². The van der Waals surface area contributed by atoms with E-state index < -0.39 is 0 Å². The molecule has 16 heavy (non-hydrogen) atoms. The summed E-state index contributed by atoms with van der Waals surface area (Å²) in [5.74, 6) is 0.0856. The number of H-pyrrole nitrogens is 1. The van der Waals surface area contributed by atoms with Gasteiger partial charge in [-0.2, -0.15) is 5.10 Å². The van der Waals surface area contributed by atoms with Crippen LogP contribution < -0.4 is 5.32 Å². The van der Waals surface area contributed by atoms with Gasteiger partial charge in [-0.3, -0.25) is 5.10 Å². The summed E-state index contributed by atoms with van der Waals surface area (Å²) in [6, 6.07) is 4.68. The summed E-state index contributed by atoms with van der Waals surface area (Å²) in [6.07, 6.45) is 0. The van der Waals surface area contributed by atoms with E-state index in [4.69, 9.17) is 0 Å². The van der Waals surface area contributed by atoms with Gasteiger partial charge in [-0.15, -0.1) is 0 Å². The lowest BCUT2D eigenvalue weighted by molar-refractivity contribution is 0.453. The van der Waals surface area contributed by atoms with Gasteiger partial charge in [0.2, 0.25) is 0 Å². The van der Waals surface area contributed by atoms with Crippen molar-refractivity contribution >= 4 is 0 Å². The van der Waals surface area contributed by atoms with Crippen molar-refractivity contribution in [1.82, 2.24) is 15.5 Å². The number of hydrogen-bond acceptors (Lipinski definition) is 4. The van der Waals surface area contributed by atoms with Crippen LogP contribution in [-0.4, -0.2) is 20.4 Å². The normalized spacial score (nSPS) is 14.0. The molecule has 0 spiro atoms. The molecule has 0 aliphatic carbocycles. The van der Waals surface area contributed by atoms with E-state index >= 15 is 0 Å². The van der Waals surface area contributed by atoms with Gasteiger partial charge >= 0.3 is 0 Å². The molecule has 1 aliphatic rings. The maximum absolute atomic E-state index is 9.76. The molecule has 82 valence electrons. The highest BCUT2D eigenvalue weighted by atomic mass is 16.3. The van der Waals surface area contributed by atoms with E-state index in [1.807, 2.05) is 0 Å². The number of aromatic hydroxyl groups is 2. The molecule has 2 heterocycles. The second-order valence-electron chi connectivity index (χ2n) is 3.80. The van der Waals surface area contributed by atoms with Gasteiger partial charge in [0, 0.05) is 18.7 Å². The van der Waals surface area contributed by atoms with Gasteiger partial charge in [0.1, 0.15) is 17.2 Å². The molecule has 0 saturated heterocycles. The summed E-state index contributed by atoms with van der Waals surface area (Å²) in [5.41, 5.74) is 3.04.